The van der Waals surface area contributed by atoms with E-state index >= 15 is 0 Å². The number of phenolic OH excluding ortho intramolecular Hbond substituents is 1. The maximum absolute atomic E-state index is 9.28. The van der Waals surface area contributed by atoms with Crippen LogP contribution in [0.15, 0.2) is 12.1 Å². The number of halogens is 1. The molecule has 0 atom stereocenters. The van der Waals surface area contributed by atoms with E-state index < -0.39 is 0 Å². The van der Waals surface area contributed by atoms with Gasteiger partial charge >= 0.3 is 0 Å². The number of aryl methyl sites for hydroxylation is 1. The van der Waals surface area contributed by atoms with Crippen molar-refractivity contribution in [2.75, 3.05) is 0 Å². The summed E-state index contributed by atoms with van der Waals surface area (Å²) in [6.07, 6.45) is 0. The fourth-order valence-electron chi connectivity index (χ4n) is 1.02. The maximum Gasteiger partial charge on any atom is 0.134 e. The van der Waals surface area contributed by atoms with Crippen molar-refractivity contribution in [1.29, 1.82) is 0 Å². The SMILES string of the molecule is Cc1cc(O)c(Cl)c(CON)c1. The number of aromatic hydroxyl groups is 1. The minimum atomic E-state index is 0.0590. The van der Waals surface area contributed by atoms with Gasteiger partial charge in [-0.05, 0) is 18.6 Å². The van der Waals surface area contributed by atoms with E-state index in [-0.39, 0.29) is 12.4 Å². The summed E-state index contributed by atoms with van der Waals surface area (Å²) in [7, 11) is 0. The molecule has 0 saturated heterocycles. The quantitative estimate of drug-likeness (QED) is 0.694. The van der Waals surface area contributed by atoms with E-state index in [1.807, 2.05) is 13.0 Å². The molecule has 0 bridgehead atoms. The Morgan fingerprint density at radius 3 is 2.83 bits per heavy atom. The zero-order valence-electron chi connectivity index (χ0n) is 6.67. The lowest BCUT2D eigenvalue weighted by atomic mass is 10.1. The van der Waals surface area contributed by atoms with Crippen LogP contribution in [0, 0.1) is 6.92 Å². The van der Waals surface area contributed by atoms with Crippen molar-refractivity contribution >= 4 is 11.6 Å². The Morgan fingerprint density at radius 2 is 2.25 bits per heavy atom. The van der Waals surface area contributed by atoms with E-state index in [4.69, 9.17) is 17.5 Å². The summed E-state index contributed by atoms with van der Waals surface area (Å²) in [6, 6.07) is 3.40. The van der Waals surface area contributed by atoms with E-state index in [9.17, 15) is 5.11 Å². The number of hydrogen-bond acceptors (Lipinski definition) is 3. The van der Waals surface area contributed by atoms with Crippen LogP contribution in [0.25, 0.3) is 0 Å². The van der Waals surface area contributed by atoms with Crippen LogP contribution in [0.3, 0.4) is 0 Å². The number of hydrogen-bond donors (Lipinski definition) is 2. The normalized spacial score (nSPS) is 10.2. The van der Waals surface area contributed by atoms with Crippen LogP contribution in [0.4, 0.5) is 0 Å². The van der Waals surface area contributed by atoms with Crippen LogP contribution < -0.4 is 5.90 Å². The largest absolute Gasteiger partial charge is 0.506 e. The third kappa shape index (κ3) is 1.88. The zero-order chi connectivity index (χ0) is 9.14. The maximum atomic E-state index is 9.28. The second-order valence-corrected chi connectivity index (χ2v) is 2.95. The summed E-state index contributed by atoms with van der Waals surface area (Å²) in [5, 5.41) is 9.58. The van der Waals surface area contributed by atoms with Crippen LogP contribution in [0.2, 0.25) is 5.02 Å². The average molecular weight is 188 g/mol. The van der Waals surface area contributed by atoms with E-state index in [0.29, 0.717) is 10.6 Å². The monoisotopic (exact) mass is 187 g/mol. The number of rotatable bonds is 2. The first-order chi connectivity index (χ1) is 5.65. The van der Waals surface area contributed by atoms with Crippen molar-refractivity contribution in [2.24, 2.45) is 5.90 Å². The minimum absolute atomic E-state index is 0.0590. The van der Waals surface area contributed by atoms with Gasteiger partial charge in [0.1, 0.15) is 5.75 Å². The molecule has 12 heavy (non-hydrogen) atoms. The van der Waals surface area contributed by atoms with Crippen molar-refractivity contribution in [2.45, 2.75) is 13.5 Å². The second kappa shape index (κ2) is 3.76. The van der Waals surface area contributed by atoms with Gasteiger partial charge in [0.25, 0.3) is 0 Å². The van der Waals surface area contributed by atoms with Crippen molar-refractivity contribution in [3.63, 3.8) is 0 Å². The summed E-state index contributed by atoms with van der Waals surface area (Å²) in [5.41, 5.74) is 1.61. The van der Waals surface area contributed by atoms with Crippen LogP contribution in [-0.2, 0) is 11.4 Å². The summed E-state index contributed by atoms with van der Waals surface area (Å²) >= 11 is 5.76. The summed E-state index contributed by atoms with van der Waals surface area (Å²) in [4.78, 5) is 4.42. The summed E-state index contributed by atoms with van der Waals surface area (Å²) in [6.45, 7) is 2.06. The molecule has 3 nitrogen and oxygen atoms in total. The molecule has 0 amide bonds. The predicted octanol–water partition coefficient (Wildman–Crippen LogP) is 1.74. The highest BCUT2D eigenvalue weighted by Gasteiger charge is 2.05. The Kier molecular flexibility index (Phi) is 2.92. The Morgan fingerprint density at radius 1 is 1.58 bits per heavy atom. The average Bonchev–Trinajstić information content (AvgIpc) is 2.00. The molecule has 3 N–H and O–H groups in total. The molecular weight excluding hydrogens is 178 g/mol. The molecule has 1 aromatic carbocycles. The molecule has 0 aliphatic heterocycles. The van der Waals surface area contributed by atoms with Gasteiger partial charge in [0.05, 0.1) is 11.6 Å². The van der Waals surface area contributed by atoms with Crippen LogP contribution in [0.5, 0.6) is 5.75 Å². The van der Waals surface area contributed by atoms with Crippen molar-refractivity contribution in [1.82, 2.24) is 0 Å². The van der Waals surface area contributed by atoms with Crippen LogP contribution in [0.1, 0.15) is 11.1 Å². The molecule has 0 aliphatic rings. The second-order valence-electron chi connectivity index (χ2n) is 2.57. The van der Waals surface area contributed by atoms with Crippen molar-refractivity contribution in [3.05, 3.63) is 28.3 Å². The molecule has 0 aliphatic carbocycles. The highest BCUT2D eigenvalue weighted by molar-refractivity contribution is 6.32. The van der Waals surface area contributed by atoms with Gasteiger partial charge < -0.3 is 5.11 Å². The molecule has 1 aromatic rings. The number of nitrogens with two attached hydrogens (primary N) is 1. The van der Waals surface area contributed by atoms with E-state index in [0.717, 1.165) is 5.56 Å². The molecule has 1 rings (SSSR count). The lowest BCUT2D eigenvalue weighted by molar-refractivity contribution is 0.124. The van der Waals surface area contributed by atoms with Gasteiger partial charge in [-0.2, -0.15) is 0 Å². The number of benzene rings is 1. The molecule has 0 aromatic heterocycles. The molecule has 0 unspecified atom stereocenters. The van der Waals surface area contributed by atoms with Gasteiger partial charge in [-0.25, -0.2) is 5.90 Å². The first kappa shape index (κ1) is 9.32. The van der Waals surface area contributed by atoms with Gasteiger partial charge in [-0.15, -0.1) is 0 Å². The van der Waals surface area contributed by atoms with E-state index in [1.54, 1.807) is 6.07 Å². The zero-order valence-corrected chi connectivity index (χ0v) is 7.43. The fourth-order valence-corrected chi connectivity index (χ4v) is 1.18. The Labute approximate surface area is 75.7 Å². The minimum Gasteiger partial charge on any atom is -0.506 e. The van der Waals surface area contributed by atoms with Crippen molar-refractivity contribution < 1.29 is 9.94 Å². The van der Waals surface area contributed by atoms with E-state index in [2.05, 4.69) is 4.84 Å². The standard InChI is InChI=1S/C8H10ClNO2/c1-5-2-6(4-12-10)8(9)7(11)3-5/h2-3,11H,4,10H2,1H3. The highest BCUT2D eigenvalue weighted by Crippen LogP contribution is 2.28. The van der Waals surface area contributed by atoms with Gasteiger partial charge in [0.15, 0.2) is 0 Å². The van der Waals surface area contributed by atoms with Crippen LogP contribution >= 0.6 is 11.6 Å². The van der Waals surface area contributed by atoms with Crippen LogP contribution in [-0.4, -0.2) is 5.11 Å². The predicted molar refractivity (Wildman–Crippen MR) is 46.8 cm³/mol. The van der Waals surface area contributed by atoms with Gasteiger partial charge in [-0.3, -0.25) is 4.84 Å². The summed E-state index contributed by atoms with van der Waals surface area (Å²) in [5.74, 6) is 4.95. The van der Waals surface area contributed by atoms with E-state index in [1.165, 1.54) is 0 Å². The highest BCUT2D eigenvalue weighted by atomic mass is 35.5. The fraction of sp³-hybridized carbons (Fsp3) is 0.250. The van der Waals surface area contributed by atoms with Crippen molar-refractivity contribution in [3.8, 4) is 5.75 Å². The first-order valence-electron chi connectivity index (χ1n) is 3.45. The Bertz CT molecular complexity index is 289. The third-order valence-electron chi connectivity index (χ3n) is 1.51. The lowest BCUT2D eigenvalue weighted by Gasteiger charge is -2.05. The first-order valence-corrected chi connectivity index (χ1v) is 3.82. The Hall–Kier alpha value is -0.770. The van der Waals surface area contributed by atoms with Gasteiger partial charge in [0.2, 0.25) is 0 Å². The summed E-state index contributed by atoms with van der Waals surface area (Å²) < 4.78 is 0. The molecule has 0 radical (unpaired) electrons. The topological polar surface area (TPSA) is 55.5 Å². The number of phenols is 1. The molecule has 66 valence electrons. The third-order valence-corrected chi connectivity index (χ3v) is 1.95. The molecule has 0 saturated carbocycles. The van der Waals surface area contributed by atoms with Gasteiger partial charge in [-0.1, -0.05) is 17.7 Å². The smallest absolute Gasteiger partial charge is 0.134 e. The Balaban J connectivity index is 3.09. The van der Waals surface area contributed by atoms with Gasteiger partial charge in [0, 0.05) is 5.56 Å². The molecular formula is C8H10ClNO2. The lowest BCUT2D eigenvalue weighted by Crippen LogP contribution is -1.99. The molecule has 0 fully saturated rings. The molecule has 0 spiro atoms. The molecule has 0 heterocycles. The molecule has 4 heteroatoms.